The molecular weight excluding hydrogens is 238 g/mol. The Hall–Kier alpha value is -1.66. The maximum absolute atomic E-state index is 11.3. The molecule has 2 aromatic rings. The Kier molecular flexibility index (Phi) is 3.55. The van der Waals surface area contributed by atoms with Crippen LogP contribution in [0.25, 0.3) is 10.6 Å². The summed E-state index contributed by atoms with van der Waals surface area (Å²) in [5.74, 6) is -0.414. The number of nitrogens with zero attached hydrogens (tertiary/aromatic N) is 1. The van der Waals surface area contributed by atoms with Crippen LogP contribution in [0, 0.1) is 0 Å². The summed E-state index contributed by atoms with van der Waals surface area (Å²) in [6.07, 6.45) is 2.11. The molecular formula is C11H13N3O2S. The van der Waals surface area contributed by atoms with Gasteiger partial charge in [0.15, 0.2) is 0 Å². The van der Waals surface area contributed by atoms with Gasteiger partial charge in [-0.15, -0.1) is 11.3 Å². The van der Waals surface area contributed by atoms with E-state index in [0.29, 0.717) is 6.42 Å². The van der Waals surface area contributed by atoms with Gasteiger partial charge in [0.25, 0.3) is 0 Å². The Labute approximate surface area is 103 Å². The highest BCUT2D eigenvalue weighted by Crippen LogP contribution is 2.26. The average Bonchev–Trinajstić information content (AvgIpc) is 2.97. The summed E-state index contributed by atoms with van der Waals surface area (Å²) in [6.45, 7) is 0. The SMILES string of the molecule is COC(=O)C(N)Cc1cn[nH]c1-c1cccs1. The minimum atomic E-state index is -0.656. The van der Waals surface area contributed by atoms with E-state index in [1.165, 1.54) is 7.11 Å². The second-order valence-corrected chi connectivity index (χ2v) is 4.53. The lowest BCUT2D eigenvalue weighted by atomic mass is 10.1. The van der Waals surface area contributed by atoms with E-state index in [-0.39, 0.29) is 0 Å². The topological polar surface area (TPSA) is 81.0 Å². The number of carbonyl (C=O) groups excluding carboxylic acids is 1. The minimum absolute atomic E-state index is 0.413. The number of hydrogen-bond donors (Lipinski definition) is 2. The second-order valence-electron chi connectivity index (χ2n) is 3.58. The minimum Gasteiger partial charge on any atom is -0.468 e. The highest BCUT2D eigenvalue weighted by Gasteiger charge is 2.18. The lowest BCUT2D eigenvalue weighted by Gasteiger charge is -2.08. The number of H-pyrrole nitrogens is 1. The molecule has 2 heterocycles. The molecule has 0 radical (unpaired) electrons. The molecule has 90 valence electrons. The van der Waals surface area contributed by atoms with Gasteiger partial charge in [-0.05, 0) is 11.4 Å². The van der Waals surface area contributed by atoms with Gasteiger partial charge in [0, 0.05) is 12.0 Å². The highest BCUT2D eigenvalue weighted by atomic mass is 32.1. The van der Waals surface area contributed by atoms with E-state index in [1.54, 1.807) is 17.5 Å². The molecule has 2 rings (SSSR count). The molecule has 6 heteroatoms. The molecule has 0 aliphatic rings. The quantitative estimate of drug-likeness (QED) is 0.799. The van der Waals surface area contributed by atoms with Crippen LogP contribution in [-0.4, -0.2) is 29.3 Å². The summed E-state index contributed by atoms with van der Waals surface area (Å²) in [7, 11) is 1.33. The molecule has 0 saturated carbocycles. The Morgan fingerprint density at radius 2 is 2.53 bits per heavy atom. The molecule has 2 aromatic heterocycles. The van der Waals surface area contributed by atoms with Crippen molar-refractivity contribution in [1.82, 2.24) is 10.2 Å². The van der Waals surface area contributed by atoms with E-state index in [1.807, 2.05) is 17.5 Å². The van der Waals surface area contributed by atoms with Crippen molar-refractivity contribution in [2.24, 2.45) is 5.73 Å². The van der Waals surface area contributed by atoms with Crippen LogP contribution in [0.1, 0.15) is 5.56 Å². The van der Waals surface area contributed by atoms with Crippen molar-refractivity contribution < 1.29 is 9.53 Å². The number of aromatic amines is 1. The summed E-state index contributed by atoms with van der Waals surface area (Å²) < 4.78 is 4.60. The van der Waals surface area contributed by atoms with Crippen molar-refractivity contribution in [1.29, 1.82) is 0 Å². The second kappa shape index (κ2) is 5.11. The summed E-state index contributed by atoms with van der Waals surface area (Å²) >= 11 is 1.61. The number of aromatic nitrogens is 2. The van der Waals surface area contributed by atoms with Crippen LogP contribution in [0.15, 0.2) is 23.7 Å². The van der Waals surface area contributed by atoms with Crippen molar-refractivity contribution >= 4 is 17.3 Å². The van der Waals surface area contributed by atoms with E-state index < -0.39 is 12.0 Å². The van der Waals surface area contributed by atoms with E-state index in [9.17, 15) is 4.79 Å². The Bertz CT molecular complexity index is 493. The van der Waals surface area contributed by atoms with Gasteiger partial charge >= 0.3 is 5.97 Å². The number of rotatable bonds is 4. The molecule has 0 spiro atoms. The first-order valence-electron chi connectivity index (χ1n) is 5.12. The van der Waals surface area contributed by atoms with Gasteiger partial charge in [-0.2, -0.15) is 5.10 Å². The van der Waals surface area contributed by atoms with Crippen molar-refractivity contribution in [2.45, 2.75) is 12.5 Å². The van der Waals surface area contributed by atoms with Crippen molar-refractivity contribution in [3.8, 4) is 10.6 Å². The zero-order chi connectivity index (χ0) is 12.3. The molecule has 0 amide bonds. The molecule has 3 N–H and O–H groups in total. The standard InChI is InChI=1S/C11H13N3O2S/c1-16-11(15)8(12)5-7-6-13-14-10(7)9-3-2-4-17-9/h2-4,6,8H,5,12H2,1H3,(H,13,14). The summed E-state index contributed by atoms with van der Waals surface area (Å²) in [5.41, 5.74) is 7.57. The van der Waals surface area contributed by atoms with Gasteiger partial charge in [-0.25, -0.2) is 0 Å². The van der Waals surface area contributed by atoms with Crippen LogP contribution in [-0.2, 0) is 16.0 Å². The molecule has 0 aliphatic carbocycles. The van der Waals surface area contributed by atoms with E-state index in [4.69, 9.17) is 5.73 Å². The molecule has 5 nitrogen and oxygen atoms in total. The largest absolute Gasteiger partial charge is 0.468 e. The predicted molar refractivity (Wildman–Crippen MR) is 65.6 cm³/mol. The normalized spacial score (nSPS) is 12.4. The number of nitrogens with two attached hydrogens (primary N) is 1. The van der Waals surface area contributed by atoms with Crippen molar-refractivity contribution in [2.75, 3.05) is 7.11 Å². The number of hydrogen-bond acceptors (Lipinski definition) is 5. The monoisotopic (exact) mass is 251 g/mol. The van der Waals surface area contributed by atoms with Crippen LogP contribution in [0.5, 0.6) is 0 Å². The fourth-order valence-corrected chi connectivity index (χ4v) is 2.33. The fourth-order valence-electron chi connectivity index (χ4n) is 1.57. The Morgan fingerprint density at radius 1 is 1.71 bits per heavy atom. The van der Waals surface area contributed by atoms with Crippen molar-refractivity contribution in [3.05, 3.63) is 29.3 Å². The number of esters is 1. The summed E-state index contributed by atoms with van der Waals surface area (Å²) in [6, 6.07) is 3.30. The third kappa shape index (κ3) is 2.54. The first kappa shape index (κ1) is 11.8. The average molecular weight is 251 g/mol. The first-order valence-corrected chi connectivity index (χ1v) is 6.00. The predicted octanol–water partition coefficient (Wildman–Crippen LogP) is 1.18. The van der Waals surface area contributed by atoms with Gasteiger partial charge in [0.1, 0.15) is 6.04 Å². The smallest absolute Gasteiger partial charge is 0.322 e. The molecule has 0 bridgehead atoms. The molecule has 0 fully saturated rings. The van der Waals surface area contributed by atoms with E-state index >= 15 is 0 Å². The highest BCUT2D eigenvalue weighted by molar-refractivity contribution is 7.13. The van der Waals surface area contributed by atoms with Gasteiger partial charge in [0.05, 0.1) is 23.9 Å². The zero-order valence-corrected chi connectivity index (χ0v) is 10.2. The zero-order valence-electron chi connectivity index (χ0n) is 9.34. The van der Waals surface area contributed by atoms with Gasteiger partial charge in [-0.3, -0.25) is 9.89 Å². The lowest BCUT2D eigenvalue weighted by Crippen LogP contribution is -2.33. The third-order valence-corrected chi connectivity index (χ3v) is 3.32. The van der Waals surface area contributed by atoms with Gasteiger partial charge < -0.3 is 10.5 Å². The van der Waals surface area contributed by atoms with Crippen LogP contribution >= 0.6 is 11.3 Å². The van der Waals surface area contributed by atoms with Crippen molar-refractivity contribution in [3.63, 3.8) is 0 Å². The molecule has 0 aliphatic heterocycles. The Morgan fingerprint density at radius 3 is 3.18 bits per heavy atom. The Balaban J connectivity index is 2.18. The van der Waals surface area contributed by atoms with E-state index in [0.717, 1.165) is 16.1 Å². The number of nitrogens with one attached hydrogen (secondary N) is 1. The maximum atomic E-state index is 11.3. The molecule has 0 aromatic carbocycles. The number of thiophene rings is 1. The third-order valence-electron chi connectivity index (χ3n) is 2.43. The van der Waals surface area contributed by atoms with Gasteiger partial charge in [0.2, 0.25) is 0 Å². The molecule has 1 unspecified atom stereocenters. The first-order chi connectivity index (χ1) is 8.22. The van der Waals surface area contributed by atoms with Crippen LogP contribution in [0.4, 0.5) is 0 Å². The fraction of sp³-hybridized carbons (Fsp3) is 0.273. The van der Waals surface area contributed by atoms with Gasteiger partial charge in [-0.1, -0.05) is 6.07 Å². The van der Waals surface area contributed by atoms with Crippen LogP contribution < -0.4 is 5.73 Å². The number of carbonyl (C=O) groups is 1. The summed E-state index contributed by atoms with van der Waals surface area (Å²) in [5, 5.41) is 8.90. The number of ether oxygens (including phenoxy) is 1. The molecule has 1 atom stereocenters. The van der Waals surface area contributed by atoms with Crippen LogP contribution in [0.3, 0.4) is 0 Å². The molecule has 0 saturated heterocycles. The summed E-state index contributed by atoms with van der Waals surface area (Å²) in [4.78, 5) is 12.3. The molecule has 17 heavy (non-hydrogen) atoms. The van der Waals surface area contributed by atoms with E-state index in [2.05, 4.69) is 14.9 Å². The van der Waals surface area contributed by atoms with Crippen LogP contribution in [0.2, 0.25) is 0 Å². The maximum Gasteiger partial charge on any atom is 0.322 e. The lowest BCUT2D eigenvalue weighted by molar-refractivity contribution is -0.142. The number of methoxy groups -OCH3 is 1.